The molecule has 0 heterocycles. The minimum Gasteiger partial charge on any atom is -0.216 e. The van der Waals surface area contributed by atoms with Crippen molar-refractivity contribution in [3.63, 3.8) is 0 Å². The van der Waals surface area contributed by atoms with Crippen LogP contribution in [0.25, 0.3) is 0 Å². The summed E-state index contributed by atoms with van der Waals surface area (Å²) in [4.78, 5) is 0. The van der Waals surface area contributed by atoms with Gasteiger partial charge < -0.3 is 0 Å². The van der Waals surface area contributed by atoms with E-state index in [1.165, 1.54) is 7.05 Å². The van der Waals surface area contributed by atoms with Gasteiger partial charge in [-0.25, -0.2) is 17.1 Å². The Hall–Kier alpha value is -0.680. The molecule has 94 valence electrons. The Labute approximate surface area is 97.7 Å². The van der Waals surface area contributed by atoms with Crippen molar-refractivity contribution in [2.75, 3.05) is 19.3 Å². The first-order valence-corrected chi connectivity index (χ1v) is 6.76. The van der Waals surface area contributed by atoms with Crippen molar-refractivity contribution < 1.29 is 12.8 Å². The topological polar surface area (TPSA) is 37.4 Å². The van der Waals surface area contributed by atoms with Gasteiger partial charge in [0, 0.05) is 13.6 Å². The molecule has 0 unspecified atom stereocenters. The Balaban J connectivity index is 4.39. The summed E-state index contributed by atoms with van der Waals surface area (Å²) in [6, 6.07) is 0. The molecule has 0 saturated heterocycles. The molecule has 0 atom stereocenters. The lowest BCUT2D eigenvalue weighted by molar-refractivity contribution is 0.498. The van der Waals surface area contributed by atoms with Gasteiger partial charge in [-0.3, -0.25) is 0 Å². The van der Waals surface area contributed by atoms with E-state index in [4.69, 9.17) is 0 Å². The molecule has 0 N–H and O–H groups in total. The van der Waals surface area contributed by atoms with Crippen LogP contribution in [0.15, 0.2) is 24.6 Å². The van der Waals surface area contributed by atoms with Gasteiger partial charge in [-0.15, -0.1) is 0 Å². The maximum Gasteiger partial charge on any atom is 0.217 e. The zero-order valence-corrected chi connectivity index (χ0v) is 10.9. The Morgan fingerprint density at radius 3 is 2.50 bits per heavy atom. The van der Waals surface area contributed by atoms with Crippen LogP contribution >= 0.6 is 0 Å². The highest BCUT2D eigenvalue weighted by Crippen LogP contribution is 2.12. The van der Waals surface area contributed by atoms with E-state index in [0.717, 1.165) is 10.4 Å². The molecule has 0 aromatic heterocycles. The van der Waals surface area contributed by atoms with Crippen LogP contribution in [0, 0.1) is 5.92 Å². The number of halogens is 1. The van der Waals surface area contributed by atoms with E-state index < -0.39 is 10.0 Å². The van der Waals surface area contributed by atoms with Crippen molar-refractivity contribution >= 4 is 10.0 Å². The van der Waals surface area contributed by atoms with Gasteiger partial charge in [0.1, 0.15) is 0 Å². The quantitative estimate of drug-likeness (QED) is 0.649. The summed E-state index contributed by atoms with van der Waals surface area (Å²) in [6.07, 6.45) is 2.18. The second-order valence-electron chi connectivity index (χ2n) is 4.25. The molecule has 0 saturated carbocycles. The van der Waals surface area contributed by atoms with Gasteiger partial charge in [0.15, 0.2) is 0 Å². The van der Waals surface area contributed by atoms with E-state index in [-0.39, 0.29) is 12.3 Å². The van der Waals surface area contributed by atoms with E-state index in [0.29, 0.717) is 24.2 Å². The summed E-state index contributed by atoms with van der Waals surface area (Å²) in [7, 11) is -1.93. The van der Waals surface area contributed by atoms with Crippen LogP contribution in [-0.4, -0.2) is 32.1 Å². The van der Waals surface area contributed by atoms with Crippen molar-refractivity contribution in [3.05, 3.63) is 24.6 Å². The molecule has 0 rings (SSSR count). The highest BCUT2D eigenvalue weighted by Gasteiger charge is 2.18. The van der Waals surface area contributed by atoms with Crippen LogP contribution in [0.3, 0.4) is 0 Å². The molecule has 0 amide bonds. The predicted molar refractivity (Wildman–Crippen MR) is 65.3 cm³/mol. The molecular weight excluding hydrogens is 229 g/mol. The lowest BCUT2D eigenvalue weighted by atomic mass is 10.1. The number of rotatable bonds is 7. The maximum atomic E-state index is 11.8. The fraction of sp³-hybridized carbons (Fsp3) is 0.636. The van der Waals surface area contributed by atoms with Crippen molar-refractivity contribution in [2.45, 2.75) is 20.3 Å². The molecule has 0 bridgehead atoms. The molecule has 16 heavy (non-hydrogen) atoms. The molecule has 5 heteroatoms. The van der Waals surface area contributed by atoms with Gasteiger partial charge in [0.2, 0.25) is 10.0 Å². The molecule has 0 spiro atoms. The van der Waals surface area contributed by atoms with Crippen molar-refractivity contribution in [1.29, 1.82) is 0 Å². The van der Waals surface area contributed by atoms with Crippen LogP contribution in [0.5, 0.6) is 0 Å². The number of likely N-dealkylation sites (N-methyl/N-ethyl adjacent to an activating group) is 1. The summed E-state index contributed by atoms with van der Waals surface area (Å²) in [5.74, 6) is 0.320. The number of sulfonamides is 1. The third kappa shape index (κ3) is 6.02. The van der Waals surface area contributed by atoms with Crippen molar-refractivity contribution in [3.8, 4) is 0 Å². The van der Waals surface area contributed by atoms with Crippen LogP contribution in [0.1, 0.15) is 20.3 Å². The molecule has 0 aromatic carbocycles. The van der Waals surface area contributed by atoms with Gasteiger partial charge in [0.25, 0.3) is 0 Å². The molecule has 0 fully saturated rings. The summed E-state index contributed by atoms with van der Waals surface area (Å²) >= 11 is 0. The lowest BCUT2D eigenvalue weighted by Gasteiger charge is -2.16. The monoisotopic (exact) mass is 249 g/mol. The third-order valence-corrected chi connectivity index (χ3v) is 3.88. The van der Waals surface area contributed by atoms with Crippen molar-refractivity contribution in [2.24, 2.45) is 5.92 Å². The van der Waals surface area contributed by atoms with Gasteiger partial charge >= 0.3 is 0 Å². The Bertz CT molecular complexity index is 347. The predicted octanol–water partition coefficient (Wildman–Crippen LogP) is 2.33. The molecule has 0 aliphatic rings. The van der Waals surface area contributed by atoms with Crippen molar-refractivity contribution in [1.82, 2.24) is 4.31 Å². The molecule has 3 nitrogen and oxygen atoms in total. The van der Waals surface area contributed by atoms with E-state index in [1.54, 1.807) is 0 Å². The second-order valence-corrected chi connectivity index (χ2v) is 6.32. The fourth-order valence-electron chi connectivity index (χ4n) is 1.31. The van der Waals surface area contributed by atoms with Crippen LogP contribution in [-0.2, 0) is 10.0 Å². The van der Waals surface area contributed by atoms with E-state index in [1.807, 2.05) is 13.8 Å². The van der Waals surface area contributed by atoms with Crippen LogP contribution < -0.4 is 0 Å². The Morgan fingerprint density at radius 1 is 1.50 bits per heavy atom. The highest BCUT2D eigenvalue weighted by atomic mass is 32.2. The molecule has 0 aliphatic carbocycles. The molecular formula is C11H20FNO2S. The van der Waals surface area contributed by atoms with Crippen LogP contribution in [0.4, 0.5) is 4.39 Å². The SMILES string of the molecule is C=C(CC(C)C)CS(=O)(=O)N(C)CC=CF. The first-order valence-electron chi connectivity index (χ1n) is 5.15. The van der Waals surface area contributed by atoms with Gasteiger partial charge in [0.05, 0.1) is 12.1 Å². The minimum absolute atomic E-state index is 0.0494. The number of nitrogens with zero attached hydrogens (tertiary/aromatic N) is 1. The van der Waals surface area contributed by atoms with E-state index in [2.05, 4.69) is 6.58 Å². The average molecular weight is 249 g/mol. The fourth-order valence-corrected chi connectivity index (χ4v) is 2.47. The second kappa shape index (κ2) is 6.81. The summed E-state index contributed by atoms with van der Waals surface area (Å²) in [5.41, 5.74) is 0.686. The van der Waals surface area contributed by atoms with Gasteiger partial charge in [-0.1, -0.05) is 26.0 Å². The van der Waals surface area contributed by atoms with E-state index in [9.17, 15) is 12.8 Å². The number of hydrogen-bond acceptors (Lipinski definition) is 2. The first-order chi connectivity index (χ1) is 7.29. The average Bonchev–Trinajstić information content (AvgIpc) is 2.11. The Kier molecular flexibility index (Phi) is 6.52. The highest BCUT2D eigenvalue weighted by molar-refractivity contribution is 7.89. The smallest absolute Gasteiger partial charge is 0.216 e. The van der Waals surface area contributed by atoms with Gasteiger partial charge in [-0.05, 0) is 18.4 Å². The van der Waals surface area contributed by atoms with E-state index >= 15 is 0 Å². The summed E-state index contributed by atoms with van der Waals surface area (Å²) < 4.78 is 36.4. The standard InChI is InChI=1S/C11H20FNO2S/c1-10(2)8-11(3)9-16(14,15)13(4)7-5-6-12/h5-6,10H,3,7-9H2,1-2,4H3. The lowest BCUT2D eigenvalue weighted by Crippen LogP contribution is -2.30. The van der Waals surface area contributed by atoms with Crippen LogP contribution in [0.2, 0.25) is 0 Å². The molecule has 0 aliphatic heterocycles. The maximum absolute atomic E-state index is 11.8. The largest absolute Gasteiger partial charge is 0.217 e. The molecule has 0 aromatic rings. The molecule has 0 radical (unpaired) electrons. The summed E-state index contributed by atoms with van der Waals surface area (Å²) in [6.45, 7) is 7.81. The number of hydrogen-bond donors (Lipinski definition) is 0. The summed E-state index contributed by atoms with van der Waals surface area (Å²) in [5, 5.41) is 0. The minimum atomic E-state index is -3.36. The third-order valence-electron chi connectivity index (χ3n) is 2.01. The zero-order valence-electron chi connectivity index (χ0n) is 10.1. The normalized spacial score (nSPS) is 12.9. The first kappa shape index (κ1) is 15.3. The zero-order chi connectivity index (χ0) is 12.8. The Morgan fingerprint density at radius 2 is 2.06 bits per heavy atom. The van der Waals surface area contributed by atoms with Gasteiger partial charge in [-0.2, -0.15) is 0 Å².